The lowest BCUT2D eigenvalue weighted by molar-refractivity contribution is 0.0593. The Hall–Kier alpha value is -2.24. The average molecular weight is 232 g/mol. The van der Waals surface area contributed by atoms with Crippen molar-refractivity contribution in [2.75, 3.05) is 7.11 Å². The van der Waals surface area contributed by atoms with Gasteiger partial charge in [0.2, 0.25) is 0 Å². The van der Waals surface area contributed by atoms with Crippen LogP contribution in [0.2, 0.25) is 0 Å². The minimum absolute atomic E-state index is 0.179. The molecule has 0 bridgehead atoms. The zero-order valence-electron chi connectivity index (χ0n) is 9.84. The van der Waals surface area contributed by atoms with Crippen molar-refractivity contribution in [3.63, 3.8) is 0 Å². The summed E-state index contributed by atoms with van der Waals surface area (Å²) in [5.74, 6) is 0.0701. The minimum atomic E-state index is -0.502. The summed E-state index contributed by atoms with van der Waals surface area (Å²) >= 11 is 0. The van der Waals surface area contributed by atoms with Gasteiger partial charge < -0.3 is 4.74 Å². The molecule has 17 heavy (non-hydrogen) atoms. The molecule has 0 saturated heterocycles. The molecule has 0 radical (unpaired) electrons. The molecule has 0 unspecified atom stereocenters. The summed E-state index contributed by atoms with van der Waals surface area (Å²) in [6.45, 7) is 3.83. The van der Waals surface area contributed by atoms with Gasteiger partial charge in [-0.2, -0.15) is 5.10 Å². The molecule has 0 saturated carbocycles. The first-order valence-electron chi connectivity index (χ1n) is 5.06. The third-order valence-electron chi connectivity index (χ3n) is 2.26. The zero-order valence-corrected chi connectivity index (χ0v) is 9.84. The number of aryl methyl sites for hydroxylation is 2. The van der Waals surface area contributed by atoms with Crippen LogP contribution in [0, 0.1) is 13.8 Å². The number of ether oxygens (including phenoxy) is 1. The molecule has 0 spiro atoms. The van der Waals surface area contributed by atoms with Crippen molar-refractivity contribution in [2.45, 2.75) is 13.8 Å². The summed E-state index contributed by atoms with van der Waals surface area (Å²) in [4.78, 5) is 19.3. The van der Waals surface area contributed by atoms with E-state index in [4.69, 9.17) is 0 Å². The summed E-state index contributed by atoms with van der Waals surface area (Å²) in [6.07, 6.45) is 2.86. The van der Waals surface area contributed by atoms with Crippen molar-refractivity contribution in [2.24, 2.45) is 0 Å². The third kappa shape index (κ3) is 2.15. The molecule has 0 fully saturated rings. The van der Waals surface area contributed by atoms with Crippen LogP contribution in [0.5, 0.6) is 0 Å². The second-order valence-electron chi connectivity index (χ2n) is 3.59. The van der Waals surface area contributed by atoms with Crippen LogP contribution >= 0.6 is 0 Å². The van der Waals surface area contributed by atoms with Gasteiger partial charge in [0, 0.05) is 5.69 Å². The van der Waals surface area contributed by atoms with Crippen LogP contribution in [0.25, 0.3) is 5.82 Å². The molecule has 2 aromatic heterocycles. The Morgan fingerprint density at radius 3 is 2.53 bits per heavy atom. The Kier molecular flexibility index (Phi) is 2.86. The second kappa shape index (κ2) is 4.32. The topological polar surface area (TPSA) is 69.9 Å². The number of methoxy groups -OCH3 is 1. The van der Waals surface area contributed by atoms with Crippen molar-refractivity contribution < 1.29 is 9.53 Å². The molecule has 2 rings (SSSR count). The summed E-state index contributed by atoms with van der Waals surface area (Å²) < 4.78 is 6.22. The van der Waals surface area contributed by atoms with Crippen molar-refractivity contribution in [1.82, 2.24) is 19.7 Å². The van der Waals surface area contributed by atoms with E-state index in [0.29, 0.717) is 5.82 Å². The van der Waals surface area contributed by atoms with Gasteiger partial charge in [-0.3, -0.25) is 0 Å². The first-order valence-corrected chi connectivity index (χ1v) is 5.06. The van der Waals surface area contributed by atoms with Gasteiger partial charge in [0.25, 0.3) is 0 Å². The van der Waals surface area contributed by atoms with E-state index in [9.17, 15) is 4.79 Å². The van der Waals surface area contributed by atoms with Crippen LogP contribution in [-0.2, 0) is 4.74 Å². The second-order valence-corrected chi connectivity index (χ2v) is 3.59. The highest BCUT2D eigenvalue weighted by atomic mass is 16.5. The van der Waals surface area contributed by atoms with Gasteiger partial charge in [-0.25, -0.2) is 19.4 Å². The fourth-order valence-electron chi connectivity index (χ4n) is 1.50. The lowest BCUT2D eigenvalue weighted by Crippen LogP contribution is -2.08. The van der Waals surface area contributed by atoms with E-state index >= 15 is 0 Å². The molecule has 0 aliphatic carbocycles. The largest absolute Gasteiger partial charge is 0.464 e. The number of carbonyl (C=O) groups is 1. The minimum Gasteiger partial charge on any atom is -0.464 e. The van der Waals surface area contributed by atoms with Crippen molar-refractivity contribution in [3.8, 4) is 5.82 Å². The lowest BCUT2D eigenvalue weighted by atomic mass is 10.4. The van der Waals surface area contributed by atoms with E-state index in [2.05, 4.69) is 19.8 Å². The molecule has 0 N–H and O–H groups in total. The maximum absolute atomic E-state index is 11.2. The Balaban J connectivity index is 2.35. The smallest absolute Gasteiger partial charge is 0.358 e. The van der Waals surface area contributed by atoms with Crippen LogP contribution in [-0.4, -0.2) is 32.8 Å². The third-order valence-corrected chi connectivity index (χ3v) is 2.26. The van der Waals surface area contributed by atoms with Crippen LogP contribution < -0.4 is 0 Å². The van der Waals surface area contributed by atoms with Gasteiger partial charge in [0.1, 0.15) is 0 Å². The van der Waals surface area contributed by atoms with E-state index in [0.717, 1.165) is 11.4 Å². The molecular formula is C11H12N4O2. The molecule has 6 nitrogen and oxygen atoms in total. The zero-order chi connectivity index (χ0) is 12.4. The van der Waals surface area contributed by atoms with Crippen LogP contribution in [0.3, 0.4) is 0 Å². The summed E-state index contributed by atoms with van der Waals surface area (Å²) in [5, 5.41) is 4.27. The normalized spacial score (nSPS) is 10.3. The number of aromatic nitrogens is 4. The molecule has 2 heterocycles. The molecule has 0 aromatic carbocycles. The van der Waals surface area contributed by atoms with Gasteiger partial charge >= 0.3 is 5.97 Å². The maximum atomic E-state index is 11.2. The first-order chi connectivity index (χ1) is 8.11. The maximum Gasteiger partial charge on any atom is 0.358 e. The SMILES string of the molecule is COC(=O)c1cnc(-n2nc(C)cc2C)cn1. The number of nitrogens with zero attached hydrogens (tertiary/aromatic N) is 4. The van der Waals surface area contributed by atoms with Crippen molar-refractivity contribution in [3.05, 3.63) is 35.5 Å². The van der Waals surface area contributed by atoms with Crippen LogP contribution in [0.15, 0.2) is 18.5 Å². The lowest BCUT2D eigenvalue weighted by Gasteiger charge is -2.03. The molecule has 0 atom stereocenters. The highest BCUT2D eigenvalue weighted by Crippen LogP contribution is 2.08. The molecule has 6 heteroatoms. The fraction of sp³-hybridized carbons (Fsp3) is 0.273. The summed E-state index contributed by atoms with van der Waals surface area (Å²) in [5.41, 5.74) is 2.04. The predicted molar refractivity (Wildman–Crippen MR) is 60.0 cm³/mol. The quantitative estimate of drug-likeness (QED) is 0.724. The van der Waals surface area contributed by atoms with Gasteiger partial charge in [-0.15, -0.1) is 0 Å². The van der Waals surface area contributed by atoms with E-state index in [1.807, 2.05) is 19.9 Å². The average Bonchev–Trinajstić information content (AvgIpc) is 2.68. The first kappa shape index (κ1) is 11.3. The Bertz CT molecular complexity index is 545. The molecule has 88 valence electrons. The number of hydrogen-bond donors (Lipinski definition) is 0. The summed E-state index contributed by atoms with van der Waals surface area (Å²) in [7, 11) is 1.30. The van der Waals surface area contributed by atoms with Crippen molar-refractivity contribution >= 4 is 5.97 Å². The highest BCUT2D eigenvalue weighted by molar-refractivity contribution is 5.86. The summed E-state index contributed by atoms with van der Waals surface area (Å²) in [6, 6.07) is 1.94. The number of carbonyl (C=O) groups excluding carboxylic acids is 1. The molecule has 0 aliphatic rings. The van der Waals surface area contributed by atoms with Gasteiger partial charge in [0.15, 0.2) is 11.5 Å². The standard InChI is InChI=1S/C11H12N4O2/c1-7-4-8(2)15(14-7)10-6-12-9(5-13-10)11(16)17-3/h4-6H,1-3H3. The fourth-order valence-corrected chi connectivity index (χ4v) is 1.50. The number of esters is 1. The highest BCUT2D eigenvalue weighted by Gasteiger charge is 2.09. The number of rotatable bonds is 2. The Morgan fingerprint density at radius 2 is 2.06 bits per heavy atom. The van der Waals surface area contributed by atoms with Crippen LogP contribution in [0.1, 0.15) is 21.9 Å². The molecule has 0 aliphatic heterocycles. The van der Waals surface area contributed by atoms with Crippen LogP contribution in [0.4, 0.5) is 0 Å². The van der Waals surface area contributed by atoms with E-state index in [-0.39, 0.29) is 5.69 Å². The van der Waals surface area contributed by atoms with Gasteiger partial charge in [-0.05, 0) is 19.9 Å². The monoisotopic (exact) mass is 232 g/mol. The number of hydrogen-bond acceptors (Lipinski definition) is 5. The van der Waals surface area contributed by atoms with E-state index in [1.54, 1.807) is 4.68 Å². The van der Waals surface area contributed by atoms with Crippen molar-refractivity contribution in [1.29, 1.82) is 0 Å². The molecular weight excluding hydrogens is 220 g/mol. The Labute approximate surface area is 98.3 Å². The molecule has 2 aromatic rings. The van der Waals surface area contributed by atoms with E-state index in [1.165, 1.54) is 19.5 Å². The Morgan fingerprint density at radius 1 is 1.29 bits per heavy atom. The molecule has 0 amide bonds. The van der Waals surface area contributed by atoms with Gasteiger partial charge in [0.05, 0.1) is 25.2 Å². The van der Waals surface area contributed by atoms with Gasteiger partial charge in [-0.1, -0.05) is 0 Å². The predicted octanol–water partition coefficient (Wildman–Crippen LogP) is 1.07. The van der Waals surface area contributed by atoms with E-state index < -0.39 is 5.97 Å².